The standard InChI is InChI=1S/C12H23NO3/c1-12(2,3)10(14)6-13-11(15)8-16-7-9-4-5-9/h9-10,14H,4-8H2,1-3H3,(H,13,15). The van der Waals surface area contributed by atoms with Crippen LogP contribution in [-0.4, -0.2) is 36.9 Å². The normalized spacial score (nSPS) is 18.2. The van der Waals surface area contributed by atoms with Crippen LogP contribution < -0.4 is 5.32 Å². The fourth-order valence-electron chi connectivity index (χ4n) is 1.17. The second-order valence-corrected chi connectivity index (χ2v) is 5.64. The van der Waals surface area contributed by atoms with Crippen molar-refractivity contribution in [2.45, 2.75) is 39.7 Å². The molecule has 0 saturated heterocycles. The molecule has 0 aromatic carbocycles. The van der Waals surface area contributed by atoms with Crippen molar-refractivity contribution in [3.8, 4) is 0 Å². The molecule has 4 nitrogen and oxygen atoms in total. The van der Waals surface area contributed by atoms with Gasteiger partial charge >= 0.3 is 0 Å². The fraction of sp³-hybridized carbons (Fsp3) is 0.917. The summed E-state index contributed by atoms with van der Waals surface area (Å²) in [5.41, 5.74) is -0.206. The highest BCUT2D eigenvalue weighted by atomic mass is 16.5. The van der Waals surface area contributed by atoms with Crippen molar-refractivity contribution in [2.24, 2.45) is 11.3 Å². The molecule has 1 saturated carbocycles. The zero-order valence-electron chi connectivity index (χ0n) is 10.5. The van der Waals surface area contributed by atoms with Crippen LogP contribution in [0.3, 0.4) is 0 Å². The first kappa shape index (κ1) is 13.5. The van der Waals surface area contributed by atoms with Crippen LogP contribution in [0, 0.1) is 11.3 Å². The lowest BCUT2D eigenvalue weighted by Crippen LogP contribution is -2.40. The molecule has 2 N–H and O–H groups in total. The number of carbonyl (C=O) groups excluding carboxylic acids is 1. The molecule has 1 unspecified atom stereocenters. The maximum Gasteiger partial charge on any atom is 0.246 e. The number of carbonyl (C=O) groups is 1. The third kappa shape index (κ3) is 5.47. The van der Waals surface area contributed by atoms with E-state index >= 15 is 0 Å². The zero-order valence-corrected chi connectivity index (χ0v) is 10.5. The van der Waals surface area contributed by atoms with Crippen LogP contribution in [0.5, 0.6) is 0 Å². The lowest BCUT2D eigenvalue weighted by Gasteiger charge is -2.25. The number of hydrogen-bond acceptors (Lipinski definition) is 3. The molecule has 0 spiro atoms. The molecule has 16 heavy (non-hydrogen) atoms. The van der Waals surface area contributed by atoms with Gasteiger partial charge in [-0.25, -0.2) is 0 Å². The van der Waals surface area contributed by atoms with Crippen LogP contribution in [0.15, 0.2) is 0 Å². The van der Waals surface area contributed by atoms with Gasteiger partial charge < -0.3 is 15.2 Å². The maximum absolute atomic E-state index is 11.3. The Morgan fingerprint density at radius 2 is 2.12 bits per heavy atom. The Morgan fingerprint density at radius 3 is 2.62 bits per heavy atom. The third-order valence-electron chi connectivity index (χ3n) is 2.78. The molecule has 1 fully saturated rings. The summed E-state index contributed by atoms with van der Waals surface area (Å²) < 4.78 is 5.24. The molecule has 1 amide bonds. The Balaban J connectivity index is 2.04. The van der Waals surface area contributed by atoms with Crippen molar-refractivity contribution >= 4 is 5.91 Å². The quantitative estimate of drug-likeness (QED) is 0.712. The Bertz CT molecular complexity index is 231. The summed E-state index contributed by atoms with van der Waals surface area (Å²) in [6, 6.07) is 0. The second-order valence-electron chi connectivity index (χ2n) is 5.64. The molecule has 1 rings (SSSR count). The summed E-state index contributed by atoms with van der Waals surface area (Å²) in [5.74, 6) is 0.525. The molecule has 94 valence electrons. The number of aliphatic hydroxyl groups is 1. The van der Waals surface area contributed by atoms with Gasteiger partial charge in [0.25, 0.3) is 0 Å². The monoisotopic (exact) mass is 229 g/mol. The van der Waals surface area contributed by atoms with Crippen molar-refractivity contribution in [1.29, 1.82) is 0 Å². The molecule has 0 aromatic rings. The van der Waals surface area contributed by atoms with Gasteiger partial charge in [-0.2, -0.15) is 0 Å². The van der Waals surface area contributed by atoms with Gasteiger partial charge in [-0.3, -0.25) is 4.79 Å². The molecule has 0 aromatic heterocycles. The van der Waals surface area contributed by atoms with E-state index < -0.39 is 6.10 Å². The minimum absolute atomic E-state index is 0.105. The maximum atomic E-state index is 11.3. The largest absolute Gasteiger partial charge is 0.391 e. The van der Waals surface area contributed by atoms with E-state index in [1.54, 1.807) is 0 Å². The lowest BCUT2D eigenvalue weighted by molar-refractivity contribution is -0.126. The average Bonchev–Trinajstić information content (AvgIpc) is 2.96. The minimum atomic E-state index is -0.528. The van der Waals surface area contributed by atoms with E-state index in [0.717, 1.165) is 0 Å². The minimum Gasteiger partial charge on any atom is -0.391 e. The zero-order chi connectivity index (χ0) is 12.2. The lowest BCUT2D eigenvalue weighted by atomic mass is 9.89. The van der Waals surface area contributed by atoms with Gasteiger partial charge in [0.15, 0.2) is 0 Å². The van der Waals surface area contributed by atoms with Crippen molar-refractivity contribution < 1.29 is 14.6 Å². The Labute approximate surface area is 97.4 Å². The van der Waals surface area contributed by atoms with Crippen LogP contribution in [0.2, 0.25) is 0 Å². The predicted octanol–water partition coefficient (Wildman–Crippen LogP) is 0.936. The molecule has 0 bridgehead atoms. The van der Waals surface area contributed by atoms with Gasteiger partial charge in [0.1, 0.15) is 6.61 Å². The van der Waals surface area contributed by atoms with Gasteiger partial charge in [0.05, 0.1) is 12.7 Å². The summed E-state index contributed by atoms with van der Waals surface area (Å²) >= 11 is 0. The Kier molecular flexibility index (Phi) is 4.74. The molecule has 0 aliphatic heterocycles. The predicted molar refractivity (Wildman–Crippen MR) is 62.0 cm³/mol. The molecule has 4 heteroatoms. The van der Waals surface area contributed by atoms with Crippen LogP contribution >= 0.6 is 0 Å². The molecule has 1 aliphatic carbocycles. The number of ether oxygens (including phenoxy) is 1. The topological polar surface area (TPSA) is 58.6 Å². The highest BCUT2D eigenvalue weighted by Gasteiger charge is 2.23. The van der Waals surface area contributed by atoms with E-state index in [2.05, 4.69) is 5.32 Å². The summed E-state index contributed by atoms with van der Waals surface area (Å²) in [5, 5.41) is 12.4. The van der Waals surface area contributed by atoms with Crippen LogP contribution in [0.4, 0.5) is 0 Å². The van der Waals surface area contributed by atoms with Crippen molar-refractivity contribution in [3.63, 3.8) is 0 Å². The van der Waals surface area contributed by atoms with E-state index in [1.807, 2.05) is 20.8 Å². The van der Waals surface area contributed by atoms with E-state index in [1.165, 1.54) is 12.8 Å². The second kappa shape index (κ2) is 5.64. The smallest absolute Gasteiger partial charge is 0.246 e. The van der Waals surface area contributed by atoms with Gasteiger partial charge in [-0.1, -0.05) is 20.8 Å². The molecular weight excluding hydrogens is 206 g/mol. The summed E-state index contributed by atoms with van der Waals surface area (Å²) in [4.78, 5) is 11.3. The summed E-state index contributed by atoms with van der Waals surface area (Å²) in [7, 11) is 0. The number of rotatable bonds is 6. The highest BCUT2D eigenvalue weighted by molar-refractivity contribution is 5.77. The number of hydrogen-bond donors (Lipinski definition) is 2. The molecule has 1 aliphatic rings. The Hall–Kier alpha value is -0.610. The molecular formula is C12H23NO3. The van der Waals surface area contributed by atoms with E-state index in [-0.39, 0.29) is 24.5 Å². The van der Waals surface area contributed by atoms with Crippen molar-refractivity contribution in [2.75, 3.05) is 19.8 Å². The van der Waals surface area contributed by atoms with Crippen LogP contribution in [-0.2, 0) is 9.53 Å². The van der Waals surface area contributed by atoms with Crippen molar-refractivity contribution in [3.05, 3.63) is 0 Å². The van der Waals surface area contributed by atoms with Crippen molar-refractivity contribution in [1.82, 2.24) is 5.32 Å². The van der Waals surface area contributed by atoms with E-state index in [9.17, 15) is 9.90 Å². The van der Waals surface area contributed by atoms with Crippen LogP contribution in [0.1, 0.15) is 33.6 Å². The van der Waals surface area contributed by atoms with E-state index in [0.29, 0.717) is 12.5 Å². The molecule has 0 radical (unpaired) electrons. The highest BCUT2D eigenvalue weighted by Crippen LogP contribution is 2.28. The molecule has 1 atom stereocenters. The third-order valence-corrected chi connectivity index (χ3v) is 2.78. The first-order valence-electron chi connectivity index (χ1n) is 5.92. The van der Waals surface area contributed by atoms with Gasteiger partial charge in [-0.05, 0) is 24.2 Å². The molecule has 0 heterocycles. The number of amides is 1. The van der Waals surface area contributed by atoms with E-state index in [4.69, 9.17) is 4.74 Å². The average molecular weight is 229 g/mol. The number of nitrogens with one attached hydrogen (secondary N) is 1. The van der Waals surface area contributed by atoms with Gasteiger partial charge in [-0.15, -0.1) is 0 Å². The first-order chi connectivity index (χ1) is 7.39. The fourth-order valence-corrected chi connectivity index (χ4v) is 1.17. The SMILES string of the molecule is CC(C)(C)C(O)CNC(=O)COCC1CC1. The Morgan fingerprint density at radius 1 is 1.50 bits per heavy atom. The first-order valence-corrected chi connectivity index (χ1v) is 5.92. The van der Waals surface area contributed by atoms with Gasteiger partial charge in [0.2, 0.25) is 5.91 Å². The van der Waals surface area contributed by atoms with Crippen LogP contribution in [0.25, 0.3) is 0 Å². The summed E-state index contributed by atoms with van der Waals surface area (Å²) in [6.45, 7) is 6.89. The number of aliphatic hydroxyl groups excluding tert-OH is 1. The summed E-state index contributed by atoms with van der Waals surface area (Å²) in [6.07, 6.45) is 1.93. The van der Waals surface area contributed by atoms with Gasteiger partial charge in [0, 0.05) is 6.54 Å².